The molecule has 0 heterocycles. The maximum absolute atomic E-state index is 5.21. The zero-order chi connectivity index (χ0) is 13.8. The Morgan fingerprint density at radius 2 is 1.68 bits per heavy atom. The van der Waals surface area contributed by atoms with Gasteiger partial charge in [-0.05, 0) is 49.3 Å². The Labute approximate surface area is 117 Å². The molecular weight excluding hydrogens is 234 g/mol. The van der Waals surface area contributed by atoms with Crippen LogP contribution in [0.2, 0.25) is 0 Å². The lowest BCUT2D eigenvalue weighted by Crippen LogP contribution is -2.43. The fourth-order valence-corrected chi connectivity index (χ4v) is 3.29. The topological polar surface area (TPSA) is 21.3 Å². The van der Waals surface area contributed by atoms with E-state index < -0.39 is 0 Å². The molecule has 1 aliphatic carbocycles. The standard InChI is InChI=1S/C17H27NO/c1-12-6-5-7-13(2)17(12)18-14(3)15-8-10-16(19-4)11-9-15/h8-14,17-18H,5-7H2,1-4H3/t12?,13?,14-,17?/m1/s1. The first kappa shape index (κ1) is 14.4. The van der Waals surface area contributed by atoms with E-state index in [1.165, 1.54) is 24.8 Å². The van der Waals surface area contributed by atoms with E-state index in [-0.39, 0.29) is 0 Å². The molecule has 3 atom stereocenters. The van der Waals surface area contributed by atoms with Crippen LogP contribution in [0, 0.1) is 11.8 Å². The quantitative estimate of drug-likeness (QED) is 0.878. The molecule has 0 saturated heterocycles. The van der Waals surface area contributed by atoms with Crippen molar-refractivity contribution in [2.75, 3.05) is 7.11 Å². The lowest BCUT2D eigenvalue weighted by Gasteiger charge is -2.37. The number of hydrogen-bond acceptors (Lipinski definition) is 2. The molecule has 0 bridgehead atoms. The third-order valence-electron chi connectivity index (χ3n) is 4.60. The zero-order valence-electron chi connectivity index (χ0n) is 12.6. The Kier molecular flexibility index (Phi) is 4.87. The van der Waals surface area contributed by atoms with Gasteiger partial charge in [0.15, 0.2) is 0 Å². The maximum atomic E-state index is 5.21. The van der Waals surface area contributed by atoms with E-state index in [0.29, 0.717) is 12.1 Å². The molecule has 2 unspecified atom stereocenters. The molecule has 1 N–H and O–H groups in total. The van der Waals surface area contributed by atoms with Gasteiger partial charge in [-0.2, -0.15) is 0 Å². The highest BCUT2D eigenvalue weighted by atomic mass is 16.5. The molecule has 1 aliphatic rings. The number of ether oxygens (including phenoxy) is 1. The number of hydrogen-bond donors (Lipinski definition) is 1. The molecule has 0 amide bonds. The molecule has 0 aliphatic heterocycles. The van der Waals surface area contributed by atoms with E-state index >= 15 is 0 Å². The van der Waals surface area contributed by atoms with Crippen molar-refractivity contribution in [2.45, 2.75) is 52.1 Å². The van der Waals surface area contributed by atoms with Crippen LogP contribution in [0.25, 0.3) is 0 Å². The SMILES string of the molecule is COc1ccc([C@@H](C)NC2C(C)CCCC2C)cc1. The average Bonchev–Trinajstić information content (AvgIpc) is 2.43. The third kappa shape index (κ3) is 3.50. The molecule has 2 rings (SSSR count). The smallest absolute Gasteiger partial charge is 0.118 e. The molecule has 0 aromatic heterocycles. The van der Waals surface area contributed by atoms with Crippen LogP contribution in [0.3, 0.4) is 0 Å². The minimum absolute atomic E-state index is 0.402. The zero-order valence-corrected chi connectivity index (χ0v) is 12.6. The van der Waals surface area contributed by atoms with Gasteiger partial charge >= 0.3 is 0 Å². The molecule has 106 valence electrons. The van der Waals surface area contributed by atoms with Gasteiger partial charge in [-0.1, -0.05) is 32.4 Å². The van der Waals surface area contributed by atoms with Crippen molar-refractivity contribution < 1.29 is 4.74 Å². The van der Waals surface area contributed by atoms with Crippen molar-refractivity contribution in [1.29, 1.82) is 0 Å². The predicted molar refractivity (Wildman–Crippen MR) is 80.5 cm³/mol. The van der Waals surface area contributed by atoms with Crippen molar-refractivity contribution in [3.05, 3.63) is 29.8 Å². The highest BCUT2D eigenvalue weighted by molar-refractivity contribution is 5.28. The van der Waals surface area contributed by atoms with Crippen LogP contribution < -0.4 is 10.1 Å². The summed E-state index contributed by atoms with van der Waals surface area (Å²) in [6.45, 7) is 7.03. The Hall–Kier alpha value is -1.02. The molecule has 1 saturated carbocycles. The van der Waals surface area contributed by atoms with E-state index in [0.717, 1.165) is 17.6 Å². The normalized spacial score (nSPS) is 28.9. The summed E-state index contributed by atoms with van der Waals surface area (Å²) in [4.78, 5) is 0. The molecule has 1 aromatic rings. The summed E-state index contributed by atoms with van der Waals surface area (Å²) in [6, 6.07) is 9.45. The minimum Gasteiger partial charge on any atom is -0.497 e. The molecule has 0 spiro atoms. The van der Waals surface area contributed by atoms with Crippen LogP contribution in [-0.4, -0.2) is 13.2 Å². The lowest BCUT2D eigenvalue weighted by atomic mass is 9.78. The molecule has 2 nitrogen and oxygen atoms in total. The number of nitrogens with one attached hydrogen (secondary N) is 1. The van der Waals surface area contributed by atoms with Crippen LogP contribution in [0.4, 0.5) is 0 Å². The molecule has 19 heavy (non-hydrogen) atoms. The van der Waals surface area contributed by atoms with Crippen molar-refractivity contribution in [1.82, 2.24) is 5.32 Å². The van der Waals surface area contributed by atoms with Gasteiger partial charge in [-0.3, -0.25) is 0 Å². The van der Waals surface area contributed by atoms with Gasteiger partial charge in [-0.15, -0.1) is 0 Å². The first-order valence-corrected chi connectivity index (χ1v) is 7.51. The molecule has 1 aromatic carbocycles. The maximum Gasteiger partial charge on any atom is 0.118 e. The van der Waals surface area contributed by atoms with E-state index in [4.69, 9.17) is 4.74 Å². The molecule has 0 radical (unpaired) electrons. The second-order valence-electron chi connectivity index (χ2n) is 6.07. The highest BCUT2D eigenvalue weighted by Crippen LogP contribution is 2.30. The Bertz CT molecular complexity index is 377. The van der Waals surface area contributed by atoms with Crippen LogP contribution >= 0.6 is 0 Å². The largest absolute Gasteiger partial charge is 0.497 e. The van der Waals surface area contributed by atoms with Gasteiger partial charge in [0, 0.05) is 12.1 Å². The van der Waals surface area contributed by atoms with Crippen LogP contribution in [0.5, 0.6) is 5.75 Å². The van der Waals surface area contributed by atoms with Crippen molar-refractivity contribution in [3.63, 3.8) is 0 Å². The van der Waals surface area contributed by atoms with Crippen molar-refractivity contribution in [3.8, 4) is 5.75 Å². The van der Waals surface area contributed by atoms with Gasteiger partial charge in [0.2, 0.25) is 0 Å². The van der Waals surface area contributed by atoms with E-state index in [1.807, 2.05) is 12.1 Å². The fraction of sp³-hybridized carbons (Fsp3) is 0.647. The second kappa shape index (κ2) is 6.42. The first-order valence-electron chi connectivity index (χ1n) is 7.51. The van der Waals surface area contributed by atoms with Gasteiger partial charge in [0.05, 0.1) is 7.11 Å². The predicted octanol–water partition coefficient (Wildman–Crippen LogP) is 4.17. The average molecular weight is 261 g/mol. The summed E-state index contributed by atoms with van der Waals surface area (Å²) in [7, 11) is 1.71. The monoisotopic (exact) mass is 261 g/mol. The van der Waals surface area contributed by atoms with Gasteiger partial charge < -0.3 is 10.1 Å². The second-order valence-corrected chi connectivity index (χ2v) is 6.07. The Morgan fingerprint density at radius 3 is 2.21 bits per heavy atom. The Morgan fingerprint density at radius 1 is 1.11 bits per heavy atom. The van der Waals surface area contributed by atoms with E-state index in [9.17, 15) is 0 Å². The Balaban J connectivity index is 2.00. The summed E-state index contributed by atoms with van der Waals surface area (Å²) in [5.41, 5.74) is 1.34. The van der Waals surface area contributed by atoms with Gasteiger partial charge in [0.1, 0.15) is 5.75 Å². The third-order valence-corrected chi connectivity index (χ3v) is 4.60. The minimum atomic E-state index is 0.402. The number of benzene rings is 1. The van der Waals surface area contributed by atoms with Crippen LogP contribution in [-0.2, 0) is 0 Å². The van der Waals surface area contributed by atoms with Gasteiger partial charge in [0.25, 0.3) is 0 Å². The molecule has 2 heteroatoms. The lowest BCUT2D eigenvalue weighted by molar-refractivity contribution is 0.196. The van der Waals surface area contributed by atoms with E-state index in [2.05, 4.69) is 38.2 Å². The summed E-state index contributed by atoms with van der Waals surface area (Å²) in [5.74, 6) is 2.49. The summed E-state index contributed by atoms with van der Waals surface area (Å²) >= 11 is 0. The molecular formula is C17H27NO. The summed E-state index contributed by atoms with van der Waals surface area (Å²) in [6.07, 6.45) is 4.10. The van der Waals surface area contributed by atoms with Gasteiger partial charge in [-0.25, -0.2) is 0 Å². The van der Waals surface area contributed by atoms with Crippen molar-refractivity contribution in [2.24, 2.45) is 11.8 Å². The van der Waals surface area contributed by atoms with E-state index in [1.54, 1.807) is 7.11 Å². The molecule has 1 fully saturated rings. The number of methoxy groups -OCH3 is 1. The first-order chi connectivity index (χ1) is 9.11. The number of rotatable bonds is 4. The summed E-state index contributed by atoms with van der Waals surface area (Å²) in [5, 5.41) is 3.83. The van der Waals surface area contributed by atoms with Crippen LogP contribution in [0.15, 0.2) is 24.3 Å². The van der Waals surface area contributed by atoms with Crippen molar-refractivity contribution >= 4 is 0 Å². The van der Waals surface area contributed by atoms with Crippen LogP contribution in [0.1, 0.15) is 51.6 Å². The summed E-state index contributed by atoms with van der Waals surface area (Å²) < 4.78 is 5.21. The fourth-order valence-electron chi connectivity index (χ4n) is 3.29. The highest BCUT2D eigenvalue weighted by Gasteiger charge is 2.28.